The molecule has 20 heavy (non-hydrogen) atoms. The summed E-state index contributed by atoms with van der Waals surface area (Å²) in [6, 6.07) is 15.5. The molecule has 2 N–H and O–H groups in total. The molecule has 4 heteroatoms. The van der Waals surface area contributed by atoms with Crippen molar-refractivity contribution in [3.8, 4) is 5.75 Å². The van der Waals surface area contributed by atoms with E-state index in [1.54, 1.807) is 23.5 Å². The third-order valence-electron chi connectivity index (χ3n) is 3.12. The zero-order valence-electron chi connectivity index (χ0n) is 11.0. The molecule has 0 fully saturated rings. The predicted molar refractivity (Wildman–Crippen MR) is 83.1 cm³/mol. The molecule has 0 saturated heterocycles. The Morgan fingerprint density at radius 1 is 1.05 bits per heavy atom. The lowest BCUT2D eigenvalue weighted by molar-refractivity contribution is 0.475. The number of benzene rings is 2. The number of nitrogens with zero attached hydrogens (tertiary/aromatic N) is 1. The van der Waals surface area contributed by atoms with Gasteiger partial charge in [0.2, 0.25) is 0 Å². The largest absolute Gasteiger partial charge is 0.508 e. The molecule has 0 unspecified atom stereocenters. The lowest BCUT2D eigenvalue weighted by atomic mass is 10.2. The molecular weight excluding hydrogens is 268 g/mol. The zero-order valence-corrected chi connectivity index (χ0v) is 11.9. The fourth-order valence-electron chi connectivity index (χ4n) is 2.07. The highest BCUT2D eigenvalue weighted by atomic mass is 32.1. The van der Waals surface area contributed by atoms with E-state index in [2.05, 4.69) is 22.4 Å². The van der Waals surface area contributed by atoms with Crippen molar-refractivity contribution >= 4 is 21.6 Å². The first-order chi connectivity index (χ1) is 9.81. The van der Waals surface area contributed by atoms with Crippen molar-refractivity contribution < 1.29 is 5.11 Å². The van der Waals surface area contributed by atoms with Crippen molar-refractivity contribution in [1.82, 2.24) is 10.3 Å². The smallest absolute Gasteiger partial charge is 0.115 e. The van der Waals surface area contributed by atoms with E-state index in [1.165, 1.54) is 15.3 Å². The van der Waals surface area contributed by atoms with Crippen LogP contribution in [0.2, 0.25) is 0 Å². The van der Waals surface area contributed by atoms with E-state index in [4.69, 9.17) is 0 Å². The molecule has 0 aliphatic carbocycles. The fourth-order valence-corrected chi connectivity index (χ4v) is 3.04. The molecule has 2 aromatic carbocycles. The first kappa shape index (κ1) is 13.1. The van der Waals surface area contributed by atoms with Crippen LogP contribution in [0.4, 0.5) is 0 Å². The molecule has 3 nitrogen and oxygen atoms in total. The van der Waals surface area contributed by atoms with E-state index in [1.807, 2.05) is 24.3 Å². The number of phenols is 1. The second kappa shape index (κ2) is 6.03. The summed E-state index contributed by atoms with van der Waals surface area (Å²) in [4.78, 5) is 4.61. The number of aromatic nitrogens is 1. The van der Waals surface area contributed by atoms with E-state index < -0.39 is 0 Å². The molecule has 0 aliphatic rings. The maximum atomic E-state index is 9.22. The summed E-state index contributed by atoms with van der Waals surface area (Å²) in [7, 11) is 0. The van der Waals surface area contributed by atoms with Crippen molar-refractivity contribution in [2.24, 2.45) is 0 Å². The SMILES string of the molecule is Oc1ccc(CNCCc2nc3ccccc3s2)cc1. The van der Waals surface area contributed by atoms with Gasteiger partial charge in [-0.2, -0.15) is 0 Å². The molecule has 1 aromatic heterocycles. The molecule has 0 spiro atoms. The highest BCUT2D eigenvalue weighted by Gasteiger charge is 2.02. The first-order valence-electron chi connectivity index (χ1n) is 6.64. The van der Waals surface area contributed by atoms with Gasteiger partial charge in [0.1, 0.15) is 5.75 Å². The lowest BCUT2D eigenvalue weighted by Crippen LogP contribution is -2.16. The van der Waals surface area contributed by atoms with Gasteiger partial charge in [-0.3, -0.25) is 0 Å². The van der Waals surface area contributed by atoms with Gasteiger partial charge >= 0.3 is 0 Å². The number of nitrogens with one attached hydrogen (secondary N) is 1. The van der Waals surface area contributed by atoms with E-state index in [-0.39, 0.29) is 0 Å². The Balaban J connectivity index is 1.51. The minimum Gasteiger partial charge on any atom is -0.508 e. The molecule has 1 heterocycles. The first-order valence-corrected chi connectivity index (χ1v) is 7.46. The molecule has 3 rings (SSSR count). The van der Waals surface area contributed by atoms with Crippen LogP contribution < -0.4 is 5.32 Å². The van der Waals surface area contributed by atoms with Crippen LogP contribution in [0.5, 0.6) is 5.75 Å². The number of fused-ring (bicyclic) bond motifs is 1. The molecular formula is C16H16N2OS. The van der Waals surface area contributed by atoms with Crippen LogP contribution in [0.25, 0.3) is 10.2 Å². The zero-order chi connectivity index (χ0) is 13.8. The molecule has 0 aliphatic heterocycles. The third kappa shape index (κ3) is 3.15. The number of phenolic OH excluding ortho intramolecular Hbond substituents is 1. The fraction of sp³-hybridized carbons (Fsp3) is 0.188. The number of para-hydroxylation sites is 1. The Kier molecular flexibility index (Phi) is 3.95. The molecule has 3 aromatic rings. The summed E-state index contributed by atoms with van der Waals surface area (Å²) < 4.78 is 1.25. The van der Waals surface area contributed by atoms with Gasteiger partial charge in [-0.15, -0.1) is 11.3 Å². The van der Waals surface area contributed by atoms with Crippen LogP contribution in [-0.2, 0) is 13.0 Å². The van der Waals surface area contributed by atoms with E-state index in [0.717, 1.165) is 25.0 Å². The maximum absolute atomic E-state index is 9.22. The topological polar surface area (TPSA) is 45.1 Å². The Morgan fingerprint density at radius 3 is 2.65 bits per heavy atom. The molecule has 102 valence electrons. The number of thiazole rings is 1. The average molecular weight is 284 g/mol. The highest BCUT2D eigenvalue weighted by Crippen LogP contribution is 2.21. The quantitative estimate of drug-likeness (QED) is 0.706. The maximum Gasteiger partial charge on any atom is 0.115 e. The summed E-state index contributed by atoms with van der Waals surface area (Å²) in [5.41, 5.74) is 2.26. The van der Waals surface area contributed by atoms with E-state index in [9.17, 15) is 5.11 Å². The Morgan fingerprint density at radius 2 is 1.85 bits per heavy atom. The Bertz CT molecular complexity index is 658. The van der Waals surface area contributed by atoms with Gasteiger partial charge in [0.15, 0.2) is 0 Å². The van der Waals surface area contributed by atoms with Crippen molar-refractivity contribution in [2.75, 3.05) is 6.54 Å². The van der Waals surface area contributed by atoms with Gasteiger partial charge in [-0.25, -0.2) is 4.98 Å². The molecule has 0 saturated carbocycles. The van der Waals surface area contributed by atoms with Gasteiger partial charge in [0, 0.05) is 19.5 Å². The van der Waals surface area contributed by atoms with Crippen LogP contribution >= 0.6 is 11.3 Å². The number of hydrogen-bond acceptors (Lipinski definition) is 4. The summed E-state index contributed by atoms with van der Waals surface area (Å²) in [6.45, 7) is 1.71. The minimum atomic E-state index is 0.309. The number of hydrogen-bond donors (Lipinski definition) is 2. The van der Waals surface area contributed by atoms with Crippen LogP contribution in [-0.4, -0.2) is 16.6 Å². The van der Waals surface area contributed by atoms with E-state index >= 15 is 0 Å². The Labute approximate surface area is 121 Å². The molecule has 0 amide bonds. The standard InChI is InChI=1S/C16H16N2OS/c19-13-7-5-12(6-8-13)11-17-10-9-16-18-14-3-1-2-4-15(14)20-16/h1-8,17,19H,9-11H2. The van der Waals surface area contributed by atoms with Crippen molar-refractivity contribution in [1.29, 1.82) is 0 Å². The van der Waals surface area contributed by atoms with Gasteiger partial charge in [-0.1, -0.05) is 24.3 Å². The van der Waals surface area contributed by atoms with Crippen LogP contribution in [0.3, 0.4) is 0 Å². The predicted octanol–water partition coefficient (Wildman–Crippen LogP) is 3.33. The minimum absolute atomic E-state index is 0.309. The second-order valence-electron chi connectivity index (χ2n) is 4.67. The lowest BCUT2D eigenvalue weighted by Gasteiger charge is -2.03. The van der Waals surface area contributed by atoms with Gasteiger partial charge in [0.25, 0.3) is 0 Å². The highest BCUT2D eigenvalue weighted by molar-refractivity contribution is 7.18. The molecule has 0 atom stereocenters. The molecule has 0 bridgehead atoms. The number of rotatable bonds is 5. The number of aromatic hydroxyl groups is 1. The summed E-state index contributed by atoms with van der Waals surface area (Å²) >= 11 is 1.76. The van der Waals surface area contributed by atoms with Crippen molar-refractivity contribution in [3.05, 3.63) is 59.1 Å². The normalized spacial score (nSPS) is 11.0. The van der Waals surface area contributed by atoms with Gasteiger partial charge in [-0.05, 0) is 29.8 Å². The van der Waals surface area contributed by atoms with Crippen molar-refractivity contribution in [2.45, 2.75) is 13.0 Å². The molecule has 0 radical (unpaired) electrons. The van der Waals surface area contributed by atoms with Gasteiger partial charge < -0.3 is 10.4 Å². The second-order valence-corrected chi connectivity index (χ2v) is 5.78. The van der Waals surface area contributed by atoms with E-state index in [0.29, 0.717) is 5.75 Å². The summed E-state index contributed by atoms with van der Waals surface area (Å²) in [6.07, 6.45) is 0.942. The summed E-state index contributed by atoms with van der Waals surface area (Å²) in [5.74, 6) is 0.309. The van der Waals surface area contributed by atoms with Crippen LogP contribution in [0.1, 0.15) is 10.6 Å². The Hall–Kier alpha value is -1.91. The summed E-state index contributed by atoms with van der Waals surface area (Å²) in [5, 5.41) is 13.8. The third-order valence-corrected chi connectivity index (χ3v) is 4.22. The monoisotopic (exact) mass is 284 g/mol. The average Bonchev–Trinajstić information content (AvgIpc) is 2.88. The van der Waals surface area contributed by atoms with Crippen LogP contribution in [0.15, 0.2) is 48.5 Å². The van der Waals surface area contributed by atoms with Crippen LogP contribution in [0, 0.1) is 0 Å². The van der Waals surface area contributed by atoms with Gasteiger partial charge in [0.05, 0.1) is 15.2 Å². The van der Waals surface area contributed by atoms with Crippen molar-refractivity contribution in [3.63, 3.8) is 0 Å².